The van der Waals surface area contributed by atoms with E-state index in [1.54, 1.807) is 30.3 Å². The SMILES string of the molecule is CC1Cc2ccccc2N1S(=O)(=O)/C=C/c1ccc(Cl)cc1. The predicted octanol–water partition coefficient (Wildman–Crippen LogP) is 4.09. The molecule has 3 nitrogen and oxygen atoms in total. The van der Waals surface area contributed by atoms with Crippen LogP contribution in [0.2, 0.25) is 5.02 Å². The molecule has 1 aliphatic heterocycles. The van der Waals surface area contributed by atoms with E-state index >= 15 is 0 Å². The summed E-state index contributed by atoms with van der Waals surface area (Å²) >= 11 is 5.83. The van der Waals surface area contributed by atoms with Crippen LogP contribution in [0, 0.1) is 0 Å². The molecule has 3 rings (SSSR count). The van der Waals surface area contributed by atoms with Gasteiger partial charge in [0, 0.05) is 11.1 Å². The van der Waals surface area contributed by atoms with Crippen LogP contribution in [0.4, 0.5) is 5.69 Å². The van der Waals surface area contributed by atoms with Crippen molar-refractivity contribution < 1.29 is 8.42 Å². The van der Waals surface area contributed by atoms with Gasteiger partial charge < -0.3 is 0 Å². The van der Waals surface area contributed by atoms with Crippen LogP contribution in [0.3, 0.4) is 0 Å². The van der Waals surface area contributed by atoms with Crippen LogP contribution >= 0.6 is 11.6 Å². The van der Waals surface area contributed by atoms with Crippen LogP contribution in [-0.2, 0) is 16.4 Å². The summed E-state index contributed by atoms with van der Waals surface area (Å²) in [6.45, 7) is 1.92. The van der Waals surface area contributed by atoms with Crippen LogP contribution < -0.4 is 4.31 Å². The van der Waals surface area contributed by atoms with Gasteiger partial charge in [0.05, 0.1) is 11.1 Å². The van der Waals surface area contributed by atoms with Crippen LogP contribution in [0.5, 0.6) is 0 Å². The van der Waals surface area contributed by atoms with Crippen molar-refractivity contribution in [3.05, 3.63) is 70.1 Å². The minimum absolute atomic E-state index is 0.0720. The third-order valence-corrected chi connectivity index (χ3v) is 5.56. The number of hydrogen-bond acceptors (Lipinski definition) is 2. The Morgan fingerprint density at radius 2 is 1.82 bits per heavy atom. The zero-order valence-electron chi connectivity index (χ0n) is 12.1. The Kier molecular flexibility index (Phi) is 3.98. The maximum Gasteiger partial charge on any atom is 0.257 e. The molecule has 0 N–H and O–H groups in total. The highest BCUT2D eigenvalue weighted by molar-refractivity contribution is 7.95. The second-order valence-corrected chi connectivity index (χ2v) is 7.51. The smallest absolute Gasteiger partial charge is 0.257 e. The Bertz CT molecular complexity index is 813. The predicted molar refractivity (Wildman–Crippen MR) is 91.5 cm³/mol. The number of hydrogen-bond donors (Lipinski definition) is 0. The van der Waals surface area contributed by atoms with Gasteiger partial charge in [-0.2, -0.15) is 0 Å². The molecule has 2 aromatic rings. The largest absolute Gasteiger partial charge is 0.263 e. The van der Waals surface area contributed by atoms with E-state index in [0.717, 1.165) is 23.2 Å². The quantitative estimate of drug-likeness (QED) is 0.848. The van der Waals surface area contributed by atoms with Crippen LogP contribution in [-0.4, -0.2) is 14.5 Å². The number of sulfonamides is 1. The Hall–Kier alpha value is -1.78. The summed E-state index contributed by atoms with van der Waals surface area (Å²) in [6, 6.07) is 14.6. The molecule has 0 spiro atoms. The lowest BCUT2D eigenvalue weighted by Gasteiger charge is -2.22. The van der Waals surface area contributed by atoms with Crippen molar-refractivity contribution in [2.24, 2.45) is 0 Å². The van der Waals surface area contributed by atoms with Gasteiger partial charge >= 0.3 is 0 Å². The molecule has 114 valence electrons. The highest BCUT2D eigenvalue weighted by atomic mass is 35.5. The Balaban J connectivity index is 1.92. The summed E-state index contributed by atoms with van der Waals surface area (Å²) in [4.78, 5) is 0. The van der Waals surface area contributed by atoms with E-state index in [1.807, 2.05) is 31.2 Å². The van der Waals surface area contributed by atoms with Crippen molar-refractivity contribution in [3.8, 4) is 0 Å². The van der Waals surface area contributed by atoms with Crippen LogP contribution in [0.1, 0.15) is 18.1 Å². The molecule has 22 heavy (non-hydrogen) atoms. The summed E-state index contributed by atoms with van der Waals surface area (Å²) < 4.78 is 26.8. The number of benzene rings is 2. The highest BCUT2D eigenvalue weighted by Gasteiger charge is 2.33. The molecule has 1 heterocycles. The fourth-order valence-electron chi connectivity index (χ4n) is 2.73. The Morgan fingerprint density at radius 3 is 2.55 bits per heavy atom. The number of anilines is 1. The van der Waals surface area contributed by atoms with E-state index in [0.29, 0.717) is 5.02 Å². The molecule has 1 aliphatic rings. The molecule has 0 aliphatic carbocycles. The number of rotatable bonds is 3. The molecule has 1 atom stereocenters. The van der Waals surface area contributed by atoms with Gasteiger partial charge in [-0.05, 0) is 48.7 Å². The first-order valence-electron chi connectivity index (χ1n) is 7.03. The normalized spacial score (nSPS) is 17.9. The monoisotopic (exact) mass is 333 g/mol. The Morgan fingerprint density at radius 1 is 1.14 bits per heavy atom. The van der Waals surface area contributed by atoms with Gasteiger partial charge in [0.25, 0.3) is 10.0 Å². The zero-order chi connectivity index (χ0) is 15.7. The molecule has 0 saturated heterocycles. The number of fused-ring (bicyclic) bond motifs is 1. The number of para-hydroxylation sites is 1. The second kappa shape index (κ2) is 5.78. The van der Waals surface area contributed by atoms with Crippen molar-refractivity contribution in [2.45, 2.75) is 19.4 Å². The van der Waals surface area contributed by atoms with Crippen LogP contribution in [0.15, 0.2) is 53.9 Å². The molecule has 5 heteroatoms. The first-order chi connectivity index (χ1) is 10.5. The molecular weight excluding hydrogens is 318 g/mol. The third kappa shape index (κ3) is 2.89. The molecule has 0 saturated carbocycles. The summed E-state index contributed by atoms with van der Waals surface area (Å²) in [5, 5.41) is 1.89. The number of halogens is 1. The summed E-state index contributed by atoms with van der Waals surface area (Å²) in [5.41, 5.74) is 2.64. The maximum atomic E-state index is 12.7. The minimum Gasteiger partial charge on any atom is -0.263 e. The lowest BCUT2D eigenvalue weighted by atomic mass is 10.1. The van der Waals surface area contributed by atoms with Crippen molar-refractivity contribution in [1.29, 1.82) is 0 Å². The van der Waals surface area contributed by atoms with Crippen molar-refractivity contribution in [2.75, 3.05) is 4.31 Å². The first kappa shape index (κ1) is 15.1. The first-order valence-corrected chi connectivity index (χ1v) is 8.91. The summed E-state index contributed by atoms with van der Waals surface area (Å²) in [6.07, 6.45) is 2.34. The van der Waals surface area contributed by atoms with Gasteiger partial charge in [-0.25, -0.2) is 8.42 Å². The third-order valence-electron chi connectivity index (χ3n) is 3.72. The van der Waals surface area contributed by atoms with Crippen LogP contribution in [0.25, 0.3) is 6.08 Å². The second-order valence-electron chi connectivity index (χ2n) is 5.38. The van der Waals surface area contributed by atoms with Gasteiger partial charge in [-0.15, -0.1) is 0 Å². The fraction of sp³-hybridized carbons (Fsp3) is 0.176. The standard InChI is InChI=1S/C17H16ClNO2S/c1-13-12-15-4-2-3-5-17(15)19(13)22(20,21)11-10-14-6-8-16(18)9-7-14/h2-11,13H,12H2,1H3/b11-10+. The van der Waals surface area contributed by atoms with E-state index in [-0.39, 0.29) is 6.04 Å². The van der Waals surface area contributed by atoms with E-state index in [9.17, 15) is 8.42 Å². The van der Waals surface area contributed by atoms with E-state index in [1.165, 1.54) is 9.71 Å². The lowest BCUT2D eigenvalue weighted by Crippen LogP contribution is -2.34. The molecule has 2 aromatic carbocycles. The average molecular weight is 334 g/mol. The molecule has 0 radical (unpaired) electrons. The molecule has 0 aromatic heterocycles. The van der Waals surface area contributed by atoms with E-state index in [4.69, 9.17) is 11.6 Å². The van der Waals surface area contributed by atoms with Gasteiger partial charge in [0.2, 0.25) is 0 Å². The zero-order valence-corrected chi connectivity index (χ0v) is 13.7. The molecule has 0 bridgehead atoms. The van der Waals surface area contributed by atoms with Crippen molar-refractivity contribution >= 4 is 33.4 Å². The Labute approximate surface area is 135 Å². The molecular formula is C17H16ClNO2S. The molecule has 0 amide bonds. The minimum atomic E-state index is -3.51. The fourth-order valence-corrected chi connectivity index (χ4v) is 4.34. The average Bonchev–Trinajstić information content (AvgIpc) is 2.83. The van der Waals surface area contributed by atoms with E-state index < -0.39 is 10.0 Å². The topological polar surface area (TPSA) is 37.4 Å². The number of nitrogens with zero attached hydrogens (tertiary/aromatic N) is 1. The maximum absolute atomic E-state index is 12.7. The summed E-state index contributed by atoms with van der Waals surface area (Å²) in [7, 11) is -3.51. The highest BCUT2D eigenvalue weighted by Crippen LogP contribution is 2.34. The van der Waals surface area contributed by atoms with Gasteiger partial charge in [0.1, 0.15) is 0 Å². The molecule has 1 unspecified atom stereocenters. The lowest BCUT2D eigenvalue weighted by molar-refractivity contribution is 0.593. The van der Waals surface area contributed by atoms with Gasteiger partial charge in [-0.1, -0.05) is 41.9 Å². The van der Waals surface area contributed by atoms with Crippen molar-refractivity contribution in [3.63, 3.8) is 0 Å². The summed E-state index contributed by atoms with van der Waals surface area (Å²) in [5.74, 6) is 0. The van der Waals surface area contributed by atoms with Gasteiger partial charge in [0.15, 0.2) is 0 Å². The molecule has 0 fully saturated rings. The van der Waals surface area contributed by atoms with E-state index in [2.05, 4.69) is 0 Å². The van der Waals surface area contributed by atoms with Gasteiger partial charge in [-0.3, -0.25) is 4.31 Å². The van der Waals surface area contributed by atoms with Crippen molar-refractivity contribution in [1.82, 2.24) is 0 Å².